The van der Waals surface area contributed by atoms with Crippen LogP contribution in [-0.2, 0) is 4.74 Å². The topological polar surface area (TPSA) is 50.9 Å². The molecule has 1 saturated heterocycles. The molecule has 0 unspecified atom stereocenters. The molecule has 4 heteroatoms. The van der Waals surface area contributed by atoms with Crippen LogP contribution in [0, 0.1) is 0 Å². The second-order valence-electron chi connectivity index (χ2n) is 4.61. The van der Waals surface area contributed by atoms with Crippen molar-refractivity contribution in [3.05, 3.63) is 0 Å². The summed E-state index contributed by atoms with van der Waals surface area (Å²) >= 11 is 0. The molecule has 0 aromatic carbocycles. The monoisotopic (exact) mass is 195 g/mol. The molecule has 4 nitrogen and oxygen atoms in total. The van der Waals surface area contributed by atoms with E-state index < -0.39 is 0 Å². The fourth-order valence-corrected chi connectivity index (χ4v) is 2.68. The van der Waals surface area contributed by atoms with Gasteiger partial charge >= 0.3 is 0 Å². The van der Waals surface area contributed by atoms with Gasteiger partial charge in [0.2, 0.25) is 0 Å². The summed E-state index contributed by atoms with van der Waals surface area (Å²) in [6.07, 6.45) is 4.76. The minimum Gasteiger partial charge on any atom is -0.381 e. The summed E-state index contributed by atoms with van der Waals surface area (Å²) in [5, 5.41) is 0. The number of rotatable bonds is 1. The summed E-state index contributed by atoms with van der Waals surface area (Å²) in [7, 11) is 0. The van der Waals surface area contributed by atoms with E-state index in [0.29, 0.717) is 6.04 Å². The average molecular weight is 195 g/mol. The first-order valence-electron chi connectivity index (χ1n) is 5.49. The molecule has 0 aromatic rings. The van der Waals surface area contributed by atoms with Crippen molar-refractivity contribution >= 4 is 5.96 Å². The first kappa shape index (κ1) is 8.53. The van der Waals surface area contributed by atoms with Gasteiger partial charge in [-0.05, 0) is 25.7 Å². The van der Waals surface area contributed by atoms with Gasteiger partial charge in [0.1, 0.15) is 0 Å². The van der Waals surface area contributed by atoms with Gasteiger partial charge in [0.05, 0.1) is 12.1 Å². The molecule has 1 saturated carbocycles. The molecule has 14 heavy (non-hydrogen) atoms. The number of guanidine groups is 1. The Morgan fingerprint density at radius 3 is 2.71 bits per heavy atom. The van der Waals surface area contributed by atoms with E-state index in [2.05, 4.69) is 9.89 Å². The lowest BCUT2D eigenvalue weighted by atomic mass is 9.89. The van der Waals surface area contributed by atoms with Gasteiger partial charge in [0.15, 0.2) is 5.96 Å². The fraction of sp³-hybridized carbons (Fsp3) is 0.900. The van der Waals surface area contributed by atoms with E-state index in [-0.39, 0.29) is 5.54 Å². The van der Waals surface area contributed by atoms with E-state index in [4.69, 9.17) is 10.5 Å². The second-order valence-corrected chi connectivity index (χ2v) is 4.61. The highest BCUT2D eigenvalue weighted by Crippen LogP contribution is 2.40. The van der Waals surface area contributed by atoms with Gasteiger partial charge in [0, 0.05) is 19.3 Å². The molecule has 0 atom stereocenters. The molecule has 2 N–H and O–H groups in total. The summed E-state index contributed by atoms with van der Waals surface area (Å²) in [5.41, 5.74) is 6.19. The fourth-order valence-electron chi connectivity index (χ4n) is 2.68. The molecule has 2 heterocycles. The number of ether oxygens (including phenoxy) is 1. The Morgan fingerprint density at radius 1 is 1.36 bits per heavy atom. The number of hydrogen-bond donors (Lipinski definition) is 1. The van der Waals surface area contributed by atoms with Crippen molar-refractivity contribution in [1.82, 2.24) is 4.90 Å². The van der Waals surface area contributed by atoms with Gasteiger partial charge in [-0.2, -0.15) is 0 Å². The predicted molar refractivity (Wildman–Crippen MR) is 54.1 cm³/mol. The first-order valence-corrected chi connectivity index (χ1v) is 5.49. The number of nitrogens with zero attached hydrogens (tertiary/aromatic N) is 2. The van der Waals surface area contributed by atoms with Crippen LogP contribution < -0.4 is 5.73 Å². The second kappa shape index (κ2) is 2.86. The largest absolute Gasteiger partial charge is 0.381 e. The Balaban J connectivity index is 1.84. The third-order valence-electron chi connectivity index (χ3n) is 3.63. The van der Waals surface area contributed by atoms with Crippen molar-refractivity contribution in [2.75, 3.05) is 19.8 Å². The zero-order valence-corrected chi connectivity index (χ0v) is 8.41. The molecule has 3 aliphatic rings. The number of nitrogens with two attached hydrogens (primary N) is 1. The smallest absolute Gasteiger partial charge is 0.192 e. The molecule has 0 radical (unpaired) electrons. The van der Waals surface area contributed by atoms with Crippen LogP contribution in [0.25, 0.3) is 0 Å². The Kier molecular flexibility index (Phi) is 1.74. The average Bonchev–Trinajstić information content (AvgIpc) is 2.97. The summed E-state index contributed by atoms with van der Waals surface area (Å²) in [6, 6.07) is 0.680. The Bertz CT molecular complexity index is 267. The van der Waals surface area contributed by atoms with Crippen LogP contribution in [0.4, 0.5) is 0 Å². The molecule has 2 fully saturated rings. The van der Waals surface area contributed by atoms with Gasteiger partial charge in [-0.3, -0.25) is 4.99 Å². The first-order chi connectivity index (χ1) is 6.82. The highest BCUT2D eigenvalue weighted by Gasteiger charge is 2.49. The van der Waals surface area contributed by atoms with Crippen LogP contribution in [-0.4, -0.2) is 42.2 Å². The van der Waals surface area contributed by atoms with Crippen LogP contribution >= 0.6 is 0 Å². The molecule has 78 valence electrons. The van der Waals surface area contributed by atoms with Gasteiger partial charge < -0.3 is 15.4 Å². The van der Waals surface area contributed by atoms with Gasteiger partial charge in [-0.15, -0.1) is 0 Å². The molecule has 0 amide bonds. The van der Waals surface area contributed by atoms with Crippen molar-refractivity contribution in [3.8, 4) is 0 Å². The normalized spacial score (nSPS) is 30.9. The van der Waals surface area contributed by atoms with E-state index in [0.717, 1.165) is 38.6 Å². The van der Waals surface area contributed by atoms with Gasteiger partial charge in [0.25, 0.3) is 0 Å². The SMILES string of the molecule is NC1=NCC2(CCOCC2)N1C1CC1. The van der Waals surface area contributed by atoms with Crippen LogP contribution in [0.5, 0.6) is 0 Å². The van der Waals surface area contributed by atoms with Crippen molar-refractivity contribution in [2.24, 2.45) is 10.7 Å². The molecule has 0 bridgehead atoms. The van der Waals surface area contributed by atoms with Crippen LogP contribution in [0.1, 0.15) is 25.7 Å². The standard InChI is InChI=1S/C10H17N3O/c11-9-12-7-10(3-5-14-6-4-10)13(9)8-1-2-8/h8H,1-7H2,(H2,11,12). The highest BCUT2D eigenvalue weighted by molar-refractivity contribution is 5.81. The molecule has 1 spiro atoms. The third kappa shape index (κ3) is 1.13. The minimum atomic E-state index is 0.226. The van der Waals surface area contributed by atoms with Crippen LogP contribution in [0.2, 0.25) is 0 Å². The Hall–Kier alpha value is -0.770. The summed E-state index contributed by atoms with van der Waals surface area (Å²) in [6.45, 7) is 2.62. The molecule has 1 aliphatic carbocycles. The lowest BCUT2D eigenvalue weighted by Crippen LogP contribution is -2.55. The maximum Gasteiger partial charge on any atom is 0.192 e. The lowest BCUT2D eigenvalue weighted by molar-refractivity contribution is 0.00900. The number of hydrogen-bond acceptors (Lipinski definition) is 4. The molecule has 3 rings (SSSR count). The van der Waals surface area contributed by atoms with E-state index in [1.165, 1.54) is 12.8 Å². The van der Waals surface area contributed by atoms with E-state index >= 15 is 0 Å². The zero-order valence-electron chi connectivity index (χ0n) is 8.41. The van der Waals surface area contributed by atoms with E-state index in [1.54, 1.807) is 0 Å². The minimum absolute atomic E-state index is 0.226. The van der Waals surface area contributed by atoms with Crippen LogP contribution in [0.3, 0.4) is 0 Å². The summed E-state index contributed by atoms with van der Waals surface area (Å²) in [5.74, 6) is 0.773. The summed E-state index contributed by atoms with van der Waals surface area (Å²) in [4.78, 5) is 6.80. The quantitative estimate of drug-likeness (QED) is 0.656. The number of aliphatic imine (C=N–C) groups is 1. The van der Waals surface area contributed by atoms with Gasteiger partial charge in [-0.1, -0.05) is 0 Å². The van der Waals surface area contributed by atoms with Crippen molar-refractivity contribution in [3.63, 3.8) is 0 Å². The summed E-state index contributed by atoms with van der Waals surface area (Å²) < 4.78 is 5.42. The maximum atomic E-state index is 5.96. The van der Waals surface area contributed by atoms with Crippen molar-refractivity contribution < 1.29 is 4.74 Å². The highest BCUT2D eigenvalue weighted by atomic mass is 16.5. The van der Waals surface area contributed by atoms with Crippen LogP contribution in [0.15, 0.2) is 4.99 Å². The molecular weight excluding hydrogens is 178 g/mol. The van der Waals surface area contributed by atoms with Crippen molar-refractivity contribution in [2.45, 2.75) is 37.3 Å². The molecule has 2 aliphatic heterocycles. The molecular formula is C10H17N3O. The van der Waals surface area contributed by atoms with E-state index in [9.17, 15) is 0 Å². The molecule has 0 aromatic heterocycles. The van der Waals surface area contributed by atoms with Crippen molar-refractivity contribution in [1.29, 1.82) is 0 Å². The third-order valence-corrected chi connectivity index (χ3v) is 3.63. The van der Waals surface area contributed by atoms with E-state index in [1.807, 2.05) is 0 Å². The Labute approximate surface area is 84.1 Å². The maximum absolute atomic E-state index is 5.96. The van der Waals surface area contributed by atoms with Gasteiger partial charge in [-0.25, -0.2) is 0 Å². The zero-order chi connectivity index (χ0) is 9.60. The lowest BCUT2D eigenvalue weighted by Gasteiger charge is -2.42. The Morgan fingerprint density at radius 2 is 2.07 bits per heavy atom. The predicted octanol–water partition coefficient (Wildman–Crippen LogP) is 0.328.